The SMILES string of the molecule is CC(F)(F)Cn1nnnc1C(=O)O. The van der Waals surface area contributed by atoms with Crippen LogP contribution in [0.15, 0.2) is 0 Å². The lowest BCUT2D eigenvalue weighted by Gasteiger charge is -2.08. The van der Waals surface area contributed by atoms with Crippen molar-refractivity contribution in [1.29, 1.82) is 0 Å². The molecule has 1 aromatic rings. The van der Waals surface area contributed by atoms with Gasteiger partial charge in [0.1, 0.15) is 6.54 Å². The standard InChI is InChI=1S/C5H6F2N4O2/c1-5(6,7)2-11-3(4(12)13)8-9-10-11/h2H2,1H3,(H,12,13). The number of nitrogens with zero attached hydrogens (tertiary/aromatic N) is 4. The number of hydrogen-bond donors (Lipinski definition) is 1. The van der Waals surface area contributed by atoms with Gasteiger partial charge in [-0.05, 0) is 10.4 Å². The third-order valence-electron chi connectivity index (χ3n) is 1.15. The van der Waals surface area contributed by atoms with Crippen LogP contribution in [0.2, 0.25) is 0 Å². The second kappa shape index (κ2) is 3.04. The lowest BCUT2D eigenvalue weighted by Crippen LogP contribution is -2.23. The molecule has 1 aromatic heterocycles. The molecule has 0 aromatic carbocycles. The summed E-state index contributed by atoms with van der Waals surface area (Å²) in [4.78, 5) is 10.4. The molecule has 6 nitrogen and oxygen atoms in total. The first kappa shape index (κ1) is 9.49. The highest BCUT2D eigenvalue weighted by molar-refractivity contribution is 5.82. The zero-order valence-electron chi connectivity index (χ0n) is 6.61. The van der Waals surface area contributed by atoms with Crippen molar-refractivity contribution in [1.82, 2.24) is 20.2 Å². The summed E-state index contributed by atoms with van der Waals surface area (Å²) in [5.41, 5.74) is 0. The van der Waals surface area contributed by atoms with Crippen LogP contribution in [0.1, 0.15) is 17.5 Å². The van der Waals surface area contributed by atoms with Gasteiger partial charge in [0.25, 0.3) is 11.7 Å². The molecule has 72 valence electrons. The predicted octanol–water partition coefficient (Wildman–Crippen LogP) is 0.0265. The molecule has 0 fully saturated rings. The molecule has 0 aliphatic heterocycles. The number of aromatic carboxylic acids is 1. The van der Waals surface area contributed by atoms with E-state index >= 15 is 0 Å². The van der Waals surface area contributed by atoms with Crippen LogP contribution in [-0.2, 0) is 6.54 Å². The van der Waals surface area contributed by atoms with Crippen LogP contribution >= 0.6 is 0 Å². The average molecular weight is 192 g/mol. The van der Waals surface area contributed by atoms with Crippen LogP contribution in [0.25, 0.3) is 0 Å². The lowest BCUT2D eigenvalue weighted by atomic mass is 10.4. The summed E-state index contributed by atoms with van der Waals surface area (Å²) < 4.78 is 25.4. The number of carbonyl (C=O) groups is 1. The molecular weight excluding hydrogens is 186 g/mol. The fourth-order valence-corrected chi connectivity index (χ4v) is 0.727. The van der Waals surface area contributed by atoms with Crippen LogP contribution in [0.5, 0.6) is 0 Å². The van der Waals surface area contributed by atoms with Gasteiger partial charge in [-0.1, -0.05) is 0 Å². The maximum Gasteiger partial charge on any atom is 0.375 e. The van der Waals surface area contributed by atoms with Crippen LogP contribution in [0, 0.1) is 0 Å². The van der Waals surface area contributed by atoms with Crippen LogP contribution < -0.4 is 0 Å². The Kier molecular flexibility index (Phi) is 2.22. The van der Waals surface area contributed by atoms with E-state index in [0.29, 0.717) is 11.6 Å². The summed E-state index contributed by atoms with van der Waals surface area (Å²) in [5.74, 6) is -5.07. The Morgan fingerprint density at radius 3 is 2.77 bits per heavy atom. The van der Waals surface area contributed by atoms with E-state index in [1.807, 2.05) is 0 Å². The first-order valence-corrected chi connectivity index (χ1v) is 3.27. The third kappa shape index (κ3) is 2.42. The zero-order chi connectivity index (χ0) is 10.1. The van der Waals surface area contributed by atoms with Crippen molar-refractivity contribution in [2.24, 2.45) is 0 Å². The zero-order valence-corrected chi connectivity index (χ0v) is 6.61. The second-order valence-corrected chi connectivity index (χ2v) is 2.54. The molecule has 0 saturated carbocycles. The molecule has 0 aliphatic rings. The van der Waals surface area contributed by atoms with Crippen LogP contribution in [0.3, 0.4) is 0 Å². The summed E-state index contributed by atoms with van der Waals surface area (Å²) in [6, 6.07) is 0. The molecule has 1 rings (SSSR count). The summed E-state index contributed by atoms with van der Waals surface area (Å²) >= 11 is 0. The van der Waals surface area contributed by atoms with E-state index in [-0.39, 0.29) is 0 Å². The van der Waals surface area contributed by atoms with E-state index in [0.717, 1.165) is 0 Å². The van der Waals surface area contributed by atoms with E-state index < -0.39 is 24.3 Å². The highest BCUT2D eigenvalue weighted by atomic mass is 19.3. The fourth-order valence-electron chi connectivity index (χ4n) is 0.727. The van der Waals surface area contributed by atoms with Crippen molar-refractivity contribution < 1.29 is 18.7 Å². The van der Waals surface area contributed by atoms with Gasteiger partial charge in [0.2, 0.25) is 0 Å². The Balaban J connectivity index is 2.89. The van der Waals surface area contributed by atoms with Crippen molar-refractivity contribution in [3.05, 3.63) is 5.82 Å². The summed E-state index contributed by atoms with van der Waals surface area (Å²) in [6.07, 6.45) is 0. The van der Waals surface area contributed by atoms with Crippen molar-refractivity contribution in [3.63, 3.8) is 0 Å². The molecule has 0 radical (unpaired) electrons. The molecule has 1 heterocycles. The van der Waals surface area contributed by atoms with Gasteiger partial charge in [-0.2, -0.15) is 0 Å². The molecule has 13 heavy (non-hydrogen) atoms. The number of rotatable bonds is 3. The molecule has 0 aliphatic carbocycles. The van der Waals surface area contributed by atoms with Gasteiger partial charge in [0.15, 0.2) is 0 Å². The topological polar surface area (TPSA) is 80.9 Å². The van der Waals surface area contributed by atoms with Crippen LogP contribution in [-0.4, -0.2) is 37.2 Å². The van der Waals surface area contributed by atoms with E-state index in [2.05, 4.69) is 15.5 Å². The number of aromatic nitrogens is 4. The molecule has 0 amide bonds. The lowest BCUT2D eigenvalue weighted by molar-refractivity contribution is -0.000959. The second-order valence-electron chi connectivity index (χ2n) is 2.54. The third-order valence-corrected chi connectivity index (χ3v) is 1.15. The molecular formula is C5H6F2N4O2. The molecule has 0 atom stereocenters. The maximum atomic E-state index is 12.4. The minimum Gasteiger partial charge on any atom is -0.475 e. The van der Waals surface area contributed by atoms with Gasteiger partial charge in [-0.3, -0.25) is 0 Å². The molecule has 8 heteroatoms. The number of carboxylic acid groups (broad SMARTS) is 1. The highest BCUT2D eigenvalue weighted by Gasteiger charge is 2.26. The van der Waals surface area contributed by atoms with E-state index in [1.54, 1.807) is 0 Å². The smallest absolute Gasteiger partial charge is 0.375 e. The summed E-state index contributed by atoms with van der Waals surface area (Å²) in [7, 11) is 0. The predicted molar refractivity (Wildman–Crippen MR) is 35.4 cm³/mol. The Bertz CT molecular complexity index is 319. The minimum atomic E-state index is -3.04. The van der Waals surface area contributed by atoms with E-state index in [1.165, 1.54) is 0 Å². The monoisotopic (exact) mass is 192 g/mol. The molecule has 0 unspecified atom stereocenters. The normalized spacial score (nSPS) is 11.6. The van der Waals surface area contributed by atoms with Crippen molar-refractivity contribution in [2.75, 3.05) is 0 Å². The first-order valence-electron chi connectivity index (χ1n) is 3.27. The van der Waals surface area contributed by atoms with Gasteiger partial charge in [0, 0.05) is 6.92 Å². The van der Waals surface area contributed by atoms with Crippen LogP contribution in [0.4, 0.5) is 8.78 Å². The number of tetrazole rings is 1. The first-order chi connectivity index (χ1) is 5.90. The van der Waals surface area contributed by atoms with Crippen molar-refractivity contribution in [2.45, 2.75) is 19.4 Å². The maximum absolute atomic E-state index is 12.4. The molecule has 1 N–H and O–H groups in total. The quantitative estimate of drug-likeness (QED) is 0.730. The van der Waals surface area contributed by atoms with Crippen molar-refractivity contribution >= 4 is 5.97 Å². The minimum absolute atomic E-state index is 0.544. The molecule has 0 spiro atoms. The van der Waals surface area contributed by atoms with Gasteiger partial charge in [0.05, 0.1) is 0 Å². The van der Waals surface area contributed by atoms with Gasteiger partial charge in [-0.15, -0.1) is 5.10 Å². The largest absolute Gasteiger partial charge is 0.475 e. The Labute approximate surface area is 71.2 Å². The molecule has 0 saturated heterocycles. The Hall–Kier alpha value is -1.60. The fraction of sp³-hybridized carbons (Fsp3) is 0.600. The summed E-state index contributed by atoms with van der Waals surface area (Å²) in [6.45, 7) is -0.193. The van der Waals surface area contributed by atoms with Gasteiger partial charge in [-0.25, -0.2) is 18.3 Å². The Morgan fingerprint density at radius 1 is 1.69 bits per heavy atom. The van der Waals surface area contributed by atoms with E-state index in [4.69, 9.17) is 5.11 Å². The number of alkyl halides is 2. The summed E-state index contributed by atoms with van der Waals surface area (Å²) in [5, 5.41) is 17.6. The van der Waals surface area contributed by atoms with Gasteiger partial charge < -0.3 is 5.11 Å². The average Bonchev–Trinajstić information content (AvgIpc) is 2.31. The van der Waals surface area contributed by atoms with Gasteiger partial charge >= 0.3 is 5.97 Å². The van der Waals surface area contributed by atoms with E-state index in [9.17, 15) is 13.6 Å². The van der Waals surface area contributed by atoms with Crippen molar-refractivity contribution in [3.8, 4) is 0 Å². The number of carboxylic acids is 1. The number of hydrogen-bond acceptors (Lipinski definition) is 4. The Morgan fingerprint density at radius 2 is 2.31 bits per heavy atom. The number of halogens is 2. The highest BCUT2D eigenvalue weighted by Crippen LogP contribution is 2.14. The molecule has 0 bridgehead atoms.